The predicted molar refractivity (Wildman–Crippen MR) is 79.6 cm³/mol. The lowest BCUT2D eigenvalue weighted by molar-refractivity contribution is 0.203. The van der Waals surface area contributed by atoms with Gasteiger partial charge in [-0.1, -0.05) is 18.2 Å². The number of piperazine rings is 1. The Hall–Kier alpha value is -1.32. The van der Waals surface area contributed by atoms with Crippen LogP contribution < -0.4 is 10.1 Å². The largest absolute Gasteiger partial charge is 0.491 e. The molecule has 0 unspecified atom stereocenters. The lowest BCUT2D eigenvalue weighted by Crippen LogP contribution is -2.44. The molecule has 1 aliphatic rings. The van der Waals surface area contributed by atoms with E-state index in [1.54, 1.807) is 0 Å². The SMILES string of the molecule is C=C[C@@H](c1ccc(OC(C)C)cc1)N1CCNCC1. The Morgan fingerprint density at radius 2 is 1.84 bits per heavy atom. The molecule has 0 aromatic heterocycles. The highest BCUT2D eigenvalue weighted by Crippen LogP contribution is 2.24. The van der Waals surface area contributed by atoms with Crippen molar-refractivity contribution in [3.05, 3.63) is 42.5 Å². The normalized spacial score (nSPS) is 18.3. The first-order chi connectivity index (χ1) is 9.20. The third-order valence-electron chi connectivity index (χ3n) is 3.36. The summed E-state index contributed by atoms with van der Waals surface area (Å²) >= 11 is 0. The van der Waals surface area contributed by atoms with Crippen molar-refractivity contribution < 1.29 is 4.74 Å². The molecule has 2 rings (SSSR count). The molecule has 0 bridgehead atoms. The van der Waals surface area contributed by atoms with Gasteiger partial charge in [0.15, 0.2) is 0 Å². The van der Waals surface area contributed by atoms with Crippen LogP contribution in [0.3, 0.4) is 0 Å². The average Bonchev–Trinajstić information content (AvgIpc) is 2.42. The summed E-state index contributed by atoms with van der Waals surface area (Å²) in [6.45, 7) is 12.3. The van der Waals surface area contributed by atoms with E-state index in [-0.39, 0.29) is 6.10 Å². The van der Waals surface area contributed by atoms with Gasteiger partial charge >= 0.3 is 0 Å². The van der Waals surface area contributed by atoms with Crippen LogP contribution >= 0.6 is 0 Å². The van der Waals surface area contributed by atoms with Crippen LogP contribution in [0.4, 0.5) is 0 Å². The summed E-state index contributed by atoms with van der Waals surface area (Å²) < 4.78 is 5.68. The van der Waals surface area contributed by atoms with Gasteiger partial charge in [-0.2, -0.15) is 0 Å². The Morgan fingerprint density at radius 3 is 2.37 bits per heavy atom. The van der Waals surface area contributed by atoms with Crippen LogP contribution in [0.1, 0.15) is 25.5 Å². The zero-order chi connectivity index (χ0) is 13.7. The summed E-state index contributed by atoms with van der Waals surface area (Å²) in [5.74, 6) is 0.932. The fourth-order valence-corrected chi connectivity index (χ4v) is 2.47. The van der Waals surface area contributed by atoms with Crippen molar-refractivity contribution in [1.29, 1.82) is 0 Å². The maximum absolute atomic E-state index is 5.68. The quantitative estimate of drug-likeness (QED) is 0.824. The van der Waals surface area contributed by atoms with E-state index in [2.05, 4.69) is 28.9 Å². The van der Waals surface area contributed by atoms with Crippen molar-refractivity contribution in [2.24, 2.45) is 0 Å². The Labute approximate surface area is 116 Å². The van der Waals surface area contributed by atoms with Crippen molar-refractivity contribution >= 4 is 0 Å². The van der Waals surface area contributed by atoms with Gasteiger partial charge in [-0.15, -0.1) is 6.58 Å². The maximum atomic E-state index is 5.68. The number of hydrogen-bond donors (Lipinski definition) is 1. The summed E-state index contributed by atoms with van der Waals surface area (Å²) in [5.41, 5.74) is 1.29. The second kappa shape index (κ2) is 6.73. The minimum absolute atomic E-state index is 0.217. The third-order valence-corrected chi connectivity index (χ3v) is 3.36. The molecule has 0 saturated carbocycles. The van der Waals surface area contributed by atoms with Crippen LogP contribution in [0.25, 0.3) is 0 Å². The molecule has 1 fully saturated rings. The van der Waals surface area contributed by atoms with E-state index in [4.69, 9.17) is 4.74 Å². The van der Waals surface area contributed by atoms with Crippen molar-refractivity contribution in [2.75, 3.05) is 26.2 Å². The molecule has 1 aliphatic heterocycles. The molecule has 0 amide bonds. The number of ether oxygens (including phenoxy) is 1. The molecule has 19 heavy (non-hydrogen) atoms. The molecule has 1 atom stereocenters. The van der Waals surface area contributed by atoms with E-state index in [0.29, 0.717) is 6.04 Å². The summed E-state index contributed by atoms with van der Waals surface area (Å²) in [6, 6.07) is 8.69. The molecule has 1 N–H and O–H groups in total. The highest BCUT2D eigenvalue weighted by molar-refractivity contribution is 5.31. The van der Waals surface area contributed by atoms with Crippen LogP contribution in [0.2, 0.25) is 0 Å². The monoisotopic (exact) mass is 260 g/mol. The van der Waals surface area contributed by atoms with E-state index < -0.39 is 0 Å². The molecule has 3 heteroatoms. The highest BCUT2D eigenvalue weighted by atomic mass is 16.5. The van der Waals surface area contributed by atoms with Crippen molar-refractivity contribution in [3.63, 3.8) is 0 Å². The second-order valence-corrected chi connectivity index (χ2v) is 5.20. The van der Waals surface area contributed by atoms with Crippen LogP contribution in [0.15, 0.2) is 36.9 Å². The molecule has 3 nitrogen and oxygen atoms in total. The lowest BCUT2D eigenvalue weighted by Gasteiger charge is -2.33. The summed E-state index contributed by atoms with van der Waals surface area (Å²) in [6.07, 6.45) is 2.25. The molecule has 1 saturated heterocycles. The zero-order valence-electron chi connectivity index (χ0n) is 11.9. The van der Waals surface area contributed by atoms with Crippen molar-refractivity contribution in [1.82, 2.24) is 10.2 Å². The van der Waals surface area contributed by atoms with Gasteiger partial charge in [-0.05, 0) is 31.5 Å². The number of nitrogens with zero attached hydrogens (tertiary/aromatic N) is 1. The predicted octanol–water partition coefficient (Wildman–Crippen LogP) is 2.61. The minimum Gasteiger partial charge on any atom is -0.491 e. The molecule has 0 spiro atoms. The van der Waals surface area contributed by atoms with Gasteiger partial charge in [0.1, 0.15) is 5.75 Å². The Morgan fingerprint density at radius 1 is 1.21 bits per heavy atom. The molecule has 1 aromatic rings. The molecular weight excluding hydrogens is 236 g/mol. The van der Waals surface area contributed by atoms with Gasteiger partial charge in [-0.25, -0.2) is 0 Å². The molecule has 0 radical (unpaired) electrons. The number of rotatable bonds is 5. The molecule has 104 valence electrons. The van der Waals surface area contributed by atoms with Gasteiger partial charge in [-0.3, -0.25) is 4.90 Å². The molecule has 0 aliphatic carbocycles. The standard InChI is InChI=1S/C16H24N2O/c1-4-16(18-11-9-17-10-12-18)14-5-7-15(8-6-14)19-13(2)3/h4-8,13,16-17H,1,9-12H2,2-3H3/t16-/m0/s1. The van der Waals surface area contributed by atoms with Crippen LogP contribution in [-0.2, 0) is 0 Å². The Bertz CT molecular complexity index is 394. The average molecular weight is 260 g/mol. The number of hydrogen-bond acceptors (Lipinski definition) is 3. The van der Waals surface area contributed by atoms with E-state index in [0.717, 1.165) is 31.9 Å². The van der Waals surface area contributed by atoms with Gasteiger partial charge in [0.25, 0.3) is 0 Å². The highest BCUT2D eigenvalue weighted by Gasteiger charge is 2.19. The molecule has 1 heterocycles. The van der Waals surface area contributed by atoms with Gasteiger partial charge in [0, 0.05) is 26.2 Å². The van der Waals surface area contributed by atoms with Gasteiger partial charge in [0.05, 0.1) is 12.1 Å². The first-order valence-corrected chi connectivity index (χ1v) is 7.04. The fourth-order valence-electron chi connectivity index (χ4n) is 2.47. The van der Waals surface area contributed by atoms with E-state index in [1.807, 2.05) is 32.1 Å². The van der Waals surface area contributed by atoms with E-state index in [1.165, 1.54) is 5.56 Å². The van der Waals surface area contributed by atoms with Crippen LogP contribution in [0, 0.1) is 0 Å². The van der Waals surface area contributed by atoms with E-state index in [9.17, 15) is 0 Å². The van der Waals surface area contributed by atoms with Gasteiger partial charge < -0.3 is 10.1 Å². The summed E-state index contributed by atoms with van der Waals surface area (Å²) in [5, 5.41) is 3.38. The first kappa shape index (κ1) is 14.1. The molecule has 1 aromatic carbocycles. The van der Waals surface area contributed by atoms with Crippen LogP contribution in [0.5, 0.6) is 5.75 Å². The maximum Gasteiger partial charge on any atom is 0.119 e. The second-order valence-electron chi connectivity index (χ2n) is 5.20. The zero-order valence-corrected chi connectivity index (χ0v) is 11.9. The van der Waals surface area contributed by atoms with Crippen molar-refractivity contribution in [2.45, 2.75) is 26.0 Å². The summed E-state index contributed by atoms with van der Waals surface area (Å²) in [4.78, 5) is 2.46. The minimum atomic E-state index is 0.217. The first-order valence-electron chi connectivity index (χ1n) is 7.04. The third kappa shape index (κ3) is 3.82. The van der Waals surface area contributed by atoms with Crippen LogP contribution in [-0.4, -0.2) is 37.2 Å². The molecular formula is C16H24N2O. The number of nitrogens with one attached hydrogen (secondary N) is 1. The van der Waals surface area contributed by atoms with Gasteiger partial charge in [0.2, 0.25) is 0 Å². The van der Waals surface area contributed by atoms with Crippen molar-refractivity contribution in [3.8, 4) is 5.75 Å². The summed E-state index contributed by atoms with van der Waals surface area (Å²) in [7, 11) is 0. The Balaban J connectivity index is 2.07. The number of benzene rings is 1. The topological polar surface area (TPSA) is 24.5 Å². The lowest BCUT2D eigenvalue weighted by atomic mass is 10.0. The fraction of sp³-hybridized carbons (Fsp3) is 0.500. The van der Waals surface area contributed by atoms with E-state index >= 15 is 0 Å². The Kier molecular flexibility index (Phi) is 5.00. The smallest absolute Gasteiger partial charge is 0.119 e.